The van der Waals surface area contributed by atoms with Crippen LogP contribution in [-0.4, -0.2) is 37.4 Å². The van der Waals surface area contributed by atoms with Crippen molar-refractivity contribution >= 4 is 23.2 Å². The van der Waals surface area contributed by atoms with E-state index < -0.39 is 0 Å². The Hall–Kier alpha value is -2.82. The van der Waals surface area contributed by atoms with E-state index in [0.29, 0.717) is 17.2 Å². The molecule has 0 radical (unpaired) electrons. The third kappa shape index (κ3) is 5.08. The highest BCUT2D eigenvalue weighted by Gasteiger charge is 2.10. The van der Waals surface area contributed by atoms with Crippen LogP contribution < -0.4 is 10.6 Å². The lowest BCUT2D eigenvalue weighted by molar-refractivity contribution is -0.114. The molecule has 0 spiro atoms. The van der Waals surface area contributed by atoms with E-state index in [2.05, 4.69) is 30.5 Å². The molecule has 0 aliphatic rings. The van der Waals surface area contributed by atoms with E-state index in [9.17, 15) is 9.59 Å². The Bertz CT molecular complexity index is 754. The molecule has 5 nitrogen and oxygen atoms in total. The second-order valence-corrected chi connectivity index (χ2v) is 6.42. The largest absolute Gasteiger partial charge is 0.376 e. The number of carbonyl (C=O) groups excluding carboxylic acids is 2. The third-order valence-electron chi connectivity index (χ3n) is 3.82. The van der Waals surface area contributed by atoms with Gasteiger partial charge in [0, 0.05) is 31.0 Å². The summed E-state index contributed by atoms with van der Waals surface area (Å²) in [6.07, 6.45) is 0. The second-order valence-electron chi connectivity index (χ2n) is 6.42. The predicted molar refractivity (Wildman–Crippen MR) is 102 cm³/mol. The first kappa shape index (κ1) is 18.5. The number of amides is 2. The molecule has 0 bridgehead atoms. The molecule has 25 heavy (non-hydrogen) atoms. The molecule has 5 heteroatoms. The van der Waals surface area contributed by atoms with Gasteiger partial charge in [-0.15, -0.1) is 0 Å². The van der Waals surface area contributed by atoms with Crippen LogP contribution in [0.2, 0.25) is 0 Å². The molecule has 0 unspecified atom stereocenters. The highest BCUT2D eigenvalue weighted by Crippen LogP contribution is 2.23. The molecule has 2 aromatic rings. The lowest BCUT2D eigenvalue weighted by Crippen LogP contribution is -2.23. The Balaban J connectivity index is 2.00. The summed E-state index contributed by atoms with van der Waals surface area (Å²) in [6, 6.07) is 14.9. The molecule has 0 saturated heterocycles. The van der Waals surface area contributed by atoms with Crippen molar-refractivity contribution in [3.05, 3.63) is 59.7 Å². The van der Waals surface area contributed by atoms with Gasteiger partial charge in [-0.1, -0.05) is 38.1 Å². The van der Waals surface area contributed by atoms with Gasteiger partial charge in [-0.3, -0.25) is 9.59 Å². The highest BCUT2D eigenvalue weighted by atomic mass is 16.2. The van der Waals surface area contributed by atoms with E-state index >= 15 is 0 Å². The molecule has 0 saturated carbocycles. The van der Waals surface area contributed by atoms with Gasteiger partial charge in [0.15, 0.2) is 0 Å². The second kappa shape index (κ2) is 8.33. The Kier molecular flexibility index (Phi) is 6.17. The van der Waals surface area contributed by atoms with Crippen molar-refractivity contribution in [2.45, 2.75) is 19.8 Å². The van der Waals surface area contributed by atoms with Gasteiger partial charge in [0.1, 0.15) is 0 Å². The standard InChI is InChI=1S/C20H25N3O2/c1-14(2)17-10-5-6-11-18(17)21-13-19(24)22-16-9-7-8-15(12-16)20(25)23(3)4/h5-12,14,21H,13H2,1-4H3,(H,22,24). The Labute approximate surface area is 149 Å². The number of hydrogen-bond acceptors (Lipinski definition) is 3. The molecule has 0 aliphatic carbocycles. The minimum absolute atomic E-state index is 0.0971. The summed E-state index contributed by atoms with van der Waals surface area (Å²) in [7, 11) is 3.40. The Morgan fingerprint density at radius 1 is 1.04 bits per heavy atom. The molecular formula is C20H25N3O2. The fourth-order valence-electron chi connectivity index (χ4n) is 2.53. The predicted octanol–water partition coefficient (Wildman–Crippen LogP) is 3.56. The van der Waals surface area contributed by atoms with Gasteiger partial charge in [0.25, 0.3) is 5.91 Å². The van der Waals surface area contributed by atoms with Crippen LogP contribution in [0.25, 0.3) is 0 Å². The lowest BCUT2D eigenvalue weighted by Gasteiger charge is -2.15. The first-order chi connectivity index (χ1) is 11.9. The van der Waals surface area contributed by atoms with Crippen molar-refractivity contribution in [3.63, 3.8) is 0 Å². The summed E-state index contributed by atoms with van der Waals surface area (Å²) in [5.74, 6) is 0.119. The van der Waals surface area contributed by atoms with Gasteiger partial charge in [-0.05, 0) is 35.7 Å². The number of carbonyl (C=O) groups is 2. The Morgan fingerprint density at radius 3 is 2.44 bits per heavy atom. The van der Waals surface area contributed by atoms with E-state index in [-0.39, 0.29) is 18.4 Å². The zero-order valence-corrected chi connectivity index (χ0v) is 15.2. The maximum atomic E-state index is 12.2. The molecule has 0 aromatic heterocycles. The number of benzene rings is 2. The summed E-state index contributed by atoms with van der Waals surface area (Å²) in [5.41, 5.74) is 3.29. The first-order valence-corrected chi connectivity index (χ1v) is 8.33. The number of nitrogens with one attached hydrogen (secondary N) is 2. The average Bonchev–Trinajstić information content (AvgIpc) is 2.59. The fraction of sp³-hybridized carbons (Fsp3) is 0.300. The highest BCUT2D eigenvalue weighted by molar-refractivity contribution is 5.98. The summed E-state index contributed by atoms with van der Waals surface area (Å²) >= 11 is 0. The summed E-state index contributed by atoms with van der Waals surface area (Å²) < 4.78 is 0. The molecule has 0 fully saturated rings. The first-order valence-electron chi connectivity index (χ1n) is 8.33. The molecular weight excluding hydrogens is 314 g/mol. The number of para-hydroxylation sites is 1. The summed E-state index contributed by atoms with van der Waals surface area (Å²) in [5, 5.41) is 6.01. The van der Waals surface area contributed by atoms with Crippen molar-refractivity contribution < 1.29 is 9.59 Å². The maximum absolute atomic E-state index is 12.2. The summed E-state index contributed by atoms with van der Waals surface area (Å²) in [6.45, 7) is 4.40. The van der Waals surface area contributed by atoms with Gasteiger partial charge in [-0.25, -0.2) is 0 Å². The third-order valence-corrected chi connectivity index (χ3v) is 3.82. The van der Waals surface area contributed by atoms with Crippen molar-refractivity contribution in [2.75, 3.05) is 31.3 Å². The zero-order chi connectivity index (χ0) is 18.4. The molecule has 0 aliphatic heterocycles. The number of rotatable bonds is 6. The van der Waals surface area contributed by atoms with Crippen LogP contribution in [-0.2, 0) is 4.79 Å². The van der Waals surface area contributed by atoms with Crippen molar-refractivity contribution in [1.82, 2.24) is 4.90 Å². The van der Waals surface area contributed by atoms with Gasteiger partial charge in [0.05, 0.1) is 6.54 Å². The normalized spacial score (nSPS) is 10.4. The van der Waals surface area contributed by atoms with Gasteiger partial charge < -0.3 is 15.5 Å². The molecule has 2 amide bonds. The van der Waals surface area contributed by atoms with Crippen LogP contribution in [0.5, 0.6) is 0 Å². The van der Waals surface area contributed by atoms with Crippen LogP contribution in [0.1, 0.15) is 35.7 Å². The number of nitrogens with zero attached hydrogens (tertiary/aromatic N) is 1. The van der Waals surface area contributed by atoms with Gasteiger partial charge in [-0.2, -0.15) is 0 Å². The van der Waals surface area contributed by atoms with E-state index in [0.717, 1.165) is 5.69 Å². The number of anilines is 2. The molecule has 2 aromatic carbocycles. The van der Waals surface area contributed by atoms with E-state index in [1.807, 2.05) is 18.2 Å². The minimum atomic E-state index is -0.159. The van der Waals surface area contributed by atoms with Crippen molar-refractivity contribution in [2.24, 2.45) is 0 Å². The fourth-order valence-corrected chi connectivity index (χ4v) is 2.53. The number of hydrogen-bond donors (Lipinski definition) is 2. The van der Waals surface area contributed by atoms with Crippen LogP contribution in [0, 0.1) is 0 Å². The van der Waals surface area contributed by atoms with Gasteiger partial charge in [0.2, 0.25) is 5.91 Å². The van der Waals surface area contributed by atoms with Crippen LogP contribution >= 0.6 is 0 Å². The Morgan fingerprint density at radius 2 is 1.76 bits per heavy atom. The SMILES string of the molecule is CC(C)c1ccccc1NCC(=O)Nc1cccc(C(=O)N(C)C)c1. The van der Waals surface area contributed by atoms with E-state index in [1.165, 1.54) is 10.5 Å². The quantitative estimate of drug-likeness (QED) is 0.846. The topological polar surface area (TPSA) is 61.4 Å². The molecule has 2 rings (SSSR count). The monoisotopic (exact) mass is 339 g/mol. The molecule has 2 N–H and O–H groups in total. The maximum Gasteiger partial charge on any atom is 0.253 e. The van der Waals surface area contributed by atoms with E-state index in [1.54, 1.807) is 38.4 Å². The van der Waals surface area contributed by atoms with Gasteiger partial charge >= 0.3 is 0 Å². The molecule has 0 atom stereocenters. The summed E-state index contributed by atoms with van der Waals surface area (Å²) in [4.78, 5) is 25.7. The zero-order valence-electron chi connectivity index (χ0n) is 15.2. The van der Waals surface area contributed by atoms with Crippen molar-refractivity contribution in [1.29, 1.82) is 0 Å². The van der Waals surface area contributed by atoms with Crippen LogP contribution in [0.3, 0.4) is 0 Å². The van der Waals surface area contributed by atoms with Crippen LogP contribution in [0.15, 0.2) is 48.5 Å². The van der Waals surface area contributed by atoms with Crippen LogP contribution in [0.4, 0.5) is 11.4 Å². The molecule has 132 valence electrons. The van der Waals surface area contributed by atoms with E-state index in [4.69, 9.17) is 0 Å². The minimum Gasteiger partial charge on any atom is -0.376 e. The lowest BCUT2D eigenvalue weighted by atomic mass is 10.0. The smallest absolute Gasteiger partial charge is 0.253 e. The molecule has 0 heterocycles. The van der Waals surface area contributed by atoms with Crippen molar-refractivity contribution in [3.8, 4) is 0 Å². The average molecular weight is 339 g/mol.